The van der Waals surface area contributed by atoms with Crippen LogP contribution in [0.2, 0.25) is 5.02 Å². The number of amides is 2. The van der Waals surface area contributed by atoms with E-state index in [-0.39, 0.29) is 30.2 Å². The lowest BCUT2D eigenvalue weighted by atomic mass is 10.2. The van der Waals surface area contributed by atoms with Gasteiger partial charge in [0.2, 0.25) is 11.9 Å². The molecule has 2 rings (SSSR count). The molecule has 1 aromatic heterocycles. The lowest BCUT2D eigenvalue weighted by Crippen LogP contribution is -2.39. The van der Waals surface area contributed by atoms with Gasteiger partial charge in [-0.2, -0.15) is 0 Å². The molecule has 1 aliphatic heterocycles. The van der Waals surface area contributed by atoms with Crippen LogP contribution in [0.25, 0.3) is 0 Å². The van der Waals surface area contributed by atoms with Crippen molar-refractivity contribution in [1.82, 2.24) is 14.9 Å². The van der Waals surface area contributed by atoms with Gasteiger partial charge in [0.1, 0.15) is 6.04 Å². The Kier molecular flexibility index (Phi) is 3.47. The highest BCUT2D eigenvalue weighted by Crippen LogP contribution is 2.19. The first-order valence-corrected chi connectivity index (χ1v) is 5.97. The lowest BCUT2D eigenvalue weighted by Gasteiger charge is -2.19. The Bertz CT molecular complexity index is 474. The van der Waals surface area contributed by atoms with Crippen LogP contribution in [-0.4, -0.2) is 38.8 Å². The monoisotopic (exact) mass is 268 g/mol. The van der Waals surface area contributed by atoms with Crippen molar-refractivity contribution in [3.63, 3.8) is 0 Å². The van der Waals surface area contributed by atoms with E-state index in [1.54, 1.807) is 13.8 Å². The SMILES string of the molecule is CC(C)N1C(=O)CC(Nc2ncc(Cl)cn2)C1=O. The third-order valence-corrected chi connectivity index (χ3v) is 2.82. The molecule has 2 amide bonds. The molecule has 1 atom stereocenters. The molecule has 1 aromatic rings. The Morgan fingerprint density at radius 3 is 2.50 bits per heavy atom. The van der Waals surface area contributed by atoms with Gasteiger partial charge in [-0.3, -0.25) is 14.5 Å². The van der Waals surface area contributed by atoms with E-state index in [1.165, 1.54) is 17.3 Å². The maximum absolute atomic E-state index is 12.0. The molecular weight excluding hydrogens is 256 g/mol. The molecule has 7 heteroatoms. The van der Waals surface area contributed by atoms with Crippen LogP contribution in [0.1, 0.15) is 20.3 Å². The fourth-order valence-electron chi connectivity index (χ4n) is 1.85. The van der Waals surface area contributed by atoms with Gasteiger partial charge in [0.05, 0.1) is 23.8 Å². The number of likely N-dealkylation sites (tertiary alicyclic amines) is 1. The van der Waals surface area contributed by atoms with Crippen molar-refractivity contribution in [1.29, 1.82) is 0 Å². The van der Waals surface area contributed by atoms with Crippen molar-refractivity contribution >= 4 is 29.4 Å². The lowest BCUT2D eigenvalue weighted by molar-refractivity contribution is -0.140. The Hall–Kier alpha value is -1.69. The van der Waals surface area contributed by atoms with E-state index in [0.717, 1.165) is 0 Å². The average Bonchev–Trinajstić information content (AvgIpc) is 2.57. The van der Waals surface area contributed by atoms with Gasteiger partial charge in [0.15, 0.2) is 0 Å². The number of carbonyl (C=O) groups is 2. The number of nitrogens with zero attached hydrogens (tertiary/aromatic N) is 3. The first-order chi connectivity index (χ1) is 8.49. The van der Waals surface area contributed by atoms with E-state index in [4.69, 9.17) is 11.6 Å². The maximum atomic E-state index is 12.0. The molecule has 1 saturated heterocycles. The summed E-state index contributed by atoms with van der Waals surface area (Å²) in [5, 5.41) is 3.26. The predicted molar refractivity (Wildman–Crippen MR) is 66.1 cm³/mol. The van der Waals surface area contributed by atoms with Crippen LogP contribution in [0.4, 0.5) is 5.95 Å². The van der Waals surface area contributed by atoms with Crippen LogP contribution in [0.15, 0.2) is 12.4 Å². The summed E-state index contributed by atoms with van der Waals surface area (Å²) in [5.41, 5.74) is 0. The minimum atomic E-state index is -0.596. The fourth-order valence-corrected chi connectivity index (χ4v) is 1.95. The summed E-state index contributed by atoms with van der Waals surface area (Å²) in [5.74, 6) is -0.133. The van der Waals surface area contributed by atoms with Gasteiger partial charge in [-0.05, 0) is 13.8 Å². The van der Waals surface area contributed by atoms with Gasteiger partial charge in [-0.15, -0.1) is 0 Å². The minimum Gasteiger partial charge on any atom is -0.342 e. The molecule has 96 valence electrons. The van der Waals surface area contributed by atoms with Crippen LogP contribution in [0, 0.1) is 0 Å². The molecule has 18 heavy (non-hydrogen) atoms. The van der Waals surface area contributed by atoms with Crippen molar-refractivity contribution in [2.45, 2.75) is 32.4 Å². The fraction of sp³-hybridized carbons (Fsp3) is 0.455. The topological polar surface area (TPSA) is 75.2 Å². The van der Waals surface area contributed by atoms with E-state index < -0.39 is 6.04 Å². The van der Waals surface area contributed by atoms with Crippen LogP contribution >= 0.6 is 11.6 Å². The van der Waals surface area contributed by atoms with Crippen molar-refractivity contribution < 1.29 is 9.59 Å². The third kappa shape index (κ3) is 2.43. The molecule has 1 aliphatic rings. The minimum absolute atomic E-state index is 0.128. The summed E-state index contributed by atoms with van der Waals surface area (Å²) in [6.07, 6.45) is 2.99. The predicted octanol–water partition coefficient (Wildman–Crippen LogP) is 1.08. The van der Waals surface area contributed by atoms with E-state index >= 15 is 0 Å². The van der Waals surface area contributed by atoms with Gasteiger partial charge in [-0.1, -0.05) is 11.6 Å². The largest absolute Gasteiger partial charge is 0.342 e. The smallest absolute Gasteiger partial charge is 0.252 e. The average molecular weight is 269 g/mol. The number of aromatic nitrogens is 2. The Morgan fingerprint density at radius 2 is 2.00 bits per heavy atom. The Balaban J connectivity index is 2.10. The number of anilines is 1. The van der Waals surface area contributed by atoms with Gasteiger partial charge in [0, 0.05) is 6.04 Å². The molecule has 0 radical (unpaired) electrons. The van der Waals surface area contributed by atoms with E-state index in [9.17, 15) is 9.59 Å². The molecule has 2 heterocycles. The zero-order valence-corrected chi connectivity index (χ0v) is 10.8. The number of rotatable bonds is 3. The van der Waals surface area contributed by atoms with Crippen molar-refractivity contribution in [3.8, 4) is 0 Å². The van der Waals surface area contributed by atoms with Crippen molar-refractivity contribution in [2.24, 2.45) is 0 Å². The molecule has 1 fully saturated rings. The van der Waals surface area contributed by atoms with E-state index in [2.05, 4.69) is 15.3 Å². The standard InChI is InChI=1S/C11H13ClN4O2/c1-6(2)16-9(17)3-8(10(16)18)15-11-13-4-7(12)5-14-11/h4-6,8H,3H2,1-2H3,(H,13,14,15). The summed E-state index contributed by atoms with van der Waals surface area (Å²) < 4.78 is 0. The molecule has 0 bridgehead atoms. The van der Waals surface area contributed by atoms with Crippen molar-refractivity contribution in [2.75, 3.05) is 5.32 Å². The summed E-state index contributed by atoms with van der Waals surface area (Å²) in [6.45, 7) is 3.61. The highest BCUT2D eigenvalue weighted by Gasteiger charge is 2.40. The number of halogens is 1. The van der Waals surface area contributed by atoms with Gasteiger partial charge in [-0.25, -0.2) is 9.97 Å². The van der Waals surface area contributed by atoms with Crippen LogP contribution in [0.3, 0.4) is 0 Å². The van der Waals surface area contributed by atoms with Crippen LogP contribution < -0.4 is 5.32 Å². The second kappa shape index (κ2) is 4.89. The second-order valence-corrected chi connectivity index (χ2v) is 4.76. The molecule has 0 aliphatic carbocycles. The number of nitrogens with one attached hydrogen (secondary N) is 1. The van der Waals surface area contributed by atoms with E-state index in [1.807, 2.05) is 0 Å². The summed E-state index contributed by atoms with van der Waals surface area (Å²) >= 11 is 5.66. The number of carbonyl (C=O) groups excluding carboxylic acids is 2. The van der Waals surface area contributed by atoms with Gasteiger partial charge in [0.25, 0.3) is 5.91 Å². The zero-order valence-electron chi connectivity index (χ0n) is 10.1. The number of hydrogen-bond acceptors (Lipinski definition) is 5. The molecule has 0 aromatic carbocycles. The van der Waals surface area contributed by atoms with E-state index in [0.29, 0.717) is 5.02 Å². The Morgan fingerprint density at radius 1 is 1.39 bits per heavy atom. The summed E-state index contributed by atoms with van der Waals surface area (Å²) in [7, 11) is 0. The zero-order chi connectivity index (χ0) is 13.3. The first-order valence-electron chi connectivity index (χ1n) is 5.59. The molecular formula is C11H13ClN4O2. The highest BCUT2D eigenvalue weighted by atomic mass is 35.5. The maximum Gasteiger partial charge on any atom is 0.252 e. The normalized spacial score (nSPS) is 19.8. The van der Waals surface area contributed by atoms with Crippen LogP contribution in [-0.2, 0) is 9.59 Å². The number of hydrogen-bond donors (Lipinski definition) is 1. The number of imide groups is 1. The summed E-state index contributed by atoms with van der Waals surface area (Å²) in [4.78, 5) is 32.8. The Labute approximate surface area is 109 Å². The third-order valence-electron chi connectivity index (χ3n) is 2.62. The van der Waals surface area contributed by atoms with Crippen molar-refractivity contribution in [3.05, 3.63) is 17.4 Å². The first kappa shape index (κ1) is 12.8. The molecule has 6 nitrogen and oxygen atoms in total. The highest BCUT2D eigenvalue weighted by molar-refractivity contribution is 6.30. The molecule has 0 spiro atoms. The van der Waals surface area contributed by atoms with Gasteiger partial charge < -0.3 is 5.32 Å². The molecule has 1 unspecified atom stereocenters. The second-order valence-electron chi connectivity index (χ2n) is 4.32. The molecule has 0 saturated carbocycles. The van der Waals surface area contributed by atoms with Gasteiger partial charge >= 0.3 is 0 Å². The molecule has 1 N–H and O–H groups in total. The quantitative estimate of drug-likeness (QED) is 0.830. The summed E-state index contributed by atoms with van der Waals surface area (Å²) in [6, 6.07) is -0.732. The van der Waals surface area contributed by atoms with Crippen LogP contribution in [0.5, 0.6) is 0 Å².